The second-order valence-electron chi connectivity index (χ2n) is 18.3. The Kier molecular flexibility index (Phi) is 12.8. The molecular formula is C63H56N2O3. The van der Waals surface area contributed by atoms with E-state index in [0.717, 1.165) is 45.4 Å². The van der Waals surface area contributed by atoms with Gasteiger partial charge in [-0.2, -0.15) is 0 Å². The van der Waals surface area contributed by atoms with Crippen molar-refractivity contribution in [2.24, 2.45) is 0 Å². The first-order valence-electron chi connectivity index (χ1n) is 23.1. The van der Waals surface area contributed by atoms with E-state index in [0.29, 0.717) is 22.6 Å². The highest BCUT2D eigenvalue weighted by Crippen LogP contribution is 2.42. The predicted molar refractivity (Wildman–Crippen MR) is 281 cm³/mol. The molecule has 0 amide bonds. The van der Waals surface area contributed by atoms with Gasteiger partial charge in [-0.15, -0.1) is 0 Å². The third-order valence-electron chi connectivity index (χ3n) is 13.1. The smallest absolute Gasteiger partial charge is 0.193 e. The van der Waals surface area contributed by atoms with E-state index in [1.165, 1.54) is 22.3 Å². The summed E-state index contributed by atoms with van der Waals surface area (Å²) in [4.78, 5) is 17.7. The third kappa shape index (κ3) is 9.56. The lowest BCUT2D eigenvalue weighted by Gasteiger charge is -2.30. The van der Waals surface area contributed by atoms with Crippen molar-refractivity contribution in [3.63, 3.8) is 0 Å². The van der Waals surface area contributed by atoms with Gasteiger partial charge in [-0.1, -0.05) is 142 Å². The van der Waals surface area contributed by atoms with Crippen LogP contribution in [0.25, 0.3) is 0 Å². The van der Waals surface area contributed by atoms with Gasteiger partial charge in [0.2, 0.25) is 0 Å². The molecule has 9 rings (SSSR count). The van der Waals surface area contributed by atoms with Gasteiger partial charge >= 0.3 is 0 Å². The first-order chi connectivity index (χ1) is 33.0. The molecule has 0 unspecified atom stereocenters. The number of methoxy groups -OCH3 is 1. The van der Waals surface area contributed by atoms with Crippen LogP contribution in [0, 0.1) is 6.92 Å². The number of ether oxygens (including phenoxy) is 2. The van der Waals surface area contributed by atoms with Crippen molar-refractivity contribution < 1.29 is 14.3 Å². The summed E-state index contributed by atoms with van der Waals surface area (Å²) in [6.07, 6.45) is 0. The fraction of sp³-hybridized carbons (Fsp3) is 0.127. The molecule has 0 aliphatic carbocycles. The van der Waals surface area contributed by atoms with E-state index in [1.54, 1.807) is 7.11 Å². The molecule has 0 saturated heterocycles. The number of carbonyl (C=O) groups excluding carboxylic acids is 1. The van der Waals surface area contributed by atoms with Gasteiger partial charge in [0.25, 0.3) is 0 Å². The molecule has 336 valence electrons. The van der Waals surface area contributed by atoms with Crippen molar-refractivity contribution in [1.29, 1.82) is 0 Å². The van der Waals surface area contributed by atoms with Gasteiger partial charge < -0.3 is 19.3 Å². The van der Waals surface area contributed by atoms with E-state index in [4.69, 9.17) is 9.47 Å². The predicted octanol–water partition coefficient (Wildman–Crippen LogP) is 16.6. The van der Waals surface area contributed by atoms with Crippen LogP contribution in [0.4, 0.5) is 34.1 Å². The zero-order chi connectivity index (χ0) is 47.3. The number of carbonyl (C=O) groups is 1. The third-order valence-corrected chi connectivity index (χ3v) is 13.1. The molecule has 9 aromatic rings. The van der Waals surface area contributed by atoms with Gasteiger partial charge in [0.15, 0.2) is 5.78 Å². The molecule has 0 aliphatic heterocycles. The highest BCUT2D eigenvalue weighted by molar-refractivity contribution is 6.09. The Balaban J connectivity index is 1.04. The zero-order valence-electron chi connectivity index (χ0n) is 39.6. The van der Waals surface area contributed by atoms with E-state index >= 15 is 0 Å². The maximum Gasteiger partial charge on any atom is 0.193 e. The van der Waals surface area contributed by atoms with E-state index in [9.17, 15) is 4.79 Å². The van der Waals surface area contributed by atoms with Crippen LogP contribution in [-0.2, 0) is 10.8 Å². The summed E-state index contributed by atoms with van der Waals surface area (Å²) in [7, 11) is 1.69. The minimum Gasteiger partial charge on any atom is -0.497 e. The number of ketones is 1. The van der Waals surface area contributed by atoms with Crippen LogP contribution in [0.5, 0.6) is 17.2 Å². The molecule has 0 saturated carbocycles. The minimum atomic E-state index is -0.183. The lowest BCUT2D eigenvalue weighted by atomic mass is 9.78. The topological polar surface area (TPSA) is 42.0 Å². The number of rotatable bonds is 15. The molecule has 68 heavy (non-hydrogen) atoms. The highest BCUT2D eigenvalue weighted by Gasteiger charge is 2.25. The summed E-state index contributed by atoms with van der Waals surface area (Å²) in [6.45, 7) is 11.1. The standard InChI is InChI=1S/C63H56N2O3/c1-45-17-19-46(20-18-45)61(66)47-21-39-59(40-22-47)68-60-43-37-57(38-44-60)65(53-29-25-51(26-30-53)63(4,5)49-15-11-8-12-16-49)55-33-31-54(32-34-55)64(56-35-41-58(67-6)42-36-56)52-27-23-50(24-28-52)62(2,3)48-13-9-7-10-14-48/h7-44H,1-6H3. The maximum absolute atomic E-state index is 13.1. The lowest BCUT2D eigenvalue weighted by molar-refractivity contribution is 0.103. The lowest BCUT2D eigenvalue weighted by Crippen LogP contribution is -2.19. The number of nitrogens with zero attached hydrogens (tertiary/aromatic N) is 2. The largest absolute Gasteiger partial charge is 0.497 e. The van der Waals surface area contributed by atoms with Gasteiger partial charge in [0.05, 0.1) is 7.11 Å². The molecule has 0 radical (unpaired) electrons. The maximum atomic E-state index is 13.1. The van der Waals surface area contributed by atoms with Crippen molar-refractivity contribution in [2.75, 3.05) is 16.9 Å². The van der Waals surface area contributed by atoms with Crippen LogP contribution < -0.4 is 19.3 Å². The van der Waals surface area contributed by atoms with Crippen molar-refractivity contribution in [3.05, 3.63) is 269 Å². The Bertz CT molecular complexity index is 3070. The van der Waals surface area contributed by atoms with Crippen molar-refractivity contribution in [3.8, 4) is 17.2 Å². The molecule has 0 bridgehead atoms. The van der Waals surface area contributed by atoms with Gasteiger partial charge in [0.1, 0.15) is 17.2 Å². The number of aryl methyl sites for hydroxylation is 1. The summed E-state index contributed by atoms with van der Waals surface area (Å²) in [6, 6.07) is 79.2. The van der Waals surface area contributed by atoms with Gasteiger partial charge in [-0.3, -0.25) is 4.79 Å². The fourth-order valence-corrected chi connectivity index (χ4v) is 8.82. The summed E-state index contributed by atoms with van der Waals surface area (Å²) < 4.78 is 11.9. The molecule has 9 aromatic carbocycles. The van der Waals surface area contributed by atoms with Crippen LogP contribution >= 0.6 is 0 Å². The fourth-order valence-electron chi connectivity index (χ4n) is 8.82. The van der Waals surface area contributed by atoms with E-state index in [1.807, 2.05) is 79.7 Å². The molecule has 0 spiro atoms. The number of benzene rings is 9. The average Bonchev–Trinajstić information content (AvgIpc) is 3.39. The molecule has 5 heteroatoms. The summed E-state index contributed by atoms with van der Waals surface area (Å²) >= 11 is 0. The number of hydrogen-bond donors (Lipinski definition) is 0. The van der Waals surface area contributed by atoms with Crippen molar-refractivity contribution >= 4 is 39.9 Å². The Hall–Kier alpha value is -8.15. The summed E-state index contributed by atoms with van der Waals surface area (Å²) in [5.74, 6) is 2.13. The Morgan fingerprint density at radius 2 is 0.632 bits per heavy atom. The molecule has 0 fully saturated rings. The Morgan fingerprint density at radius 3 is 0.985 bits per heavy atom. The van der Waals surface area contributed by atoms with E-state index < -0.39 is 0 Å². The van der Waals surface area contributed by atoms with Gasteiger partial charge in [0, 0.05) is 56.1 Å². The molecular weight excluding hydrogens is 833 g/mol. The number of anilines is 6. The summed E-state index contributed by atoms with van der Waals surface area (Å²) in [5, 5.41) is 0. The SMILES string of the molecule is COc1ccc(N(c2ccc(N(c3ccc(Oc4ccc(C(=O)c5ccc(C)cc5)cc4)cc3)c3ccc(C(C)(C)c4ccccc4)cc3)cc2)c2ccc(C(C)(C)c3ccccc3)cc2)cc1. The second kappa shape index (κ2) is 19.4. The Labute approximate surface area is 401 Å². The van der Waals surface area contributed by atoms with Crippen LogP contribution in [0.3, 0.4) is 0 Å². The molecule has 0 aliphatic rings. The minimum absolute atomic E-state index is 0.0172. The van der Waals surface area contributed by atoms with Crippen LogP contribution in [-0.4, -0.2) is 12.9 Å². The van der Waals surface area contributed by atoms with Crippen molar-refractivity contribution in [2.45, 2.75) is 45.4 Å². The van der Waals surface area contributed by atoms with Crippen LogP contribution in [0.2, 0.25) is 0 Å². The van der Waals surface area contributed by atoms with Crippen LogP contribution in [0.15, 0.2) is 231 Å². The van der Waals surface area contributed by atoms with E-state index in [-0.39, 0.29) is 16.6 Å². The molecule has 0 heterocycles. The van der Waals surface area contributed by atoms with Crippen molar-refractivity contribution in [1.82, 2.24) is 0 Å². The van der Waals surface area contributed by atoms with Gasteiger partial charge in [-0.25, -0.2) is 0 Å². The molecule has 5 nitrogen and oxygen atoms in total. The quantitative estimate of drug-likeness (QED) is 0.0960. The Morgan fingerprint density at radius 1 is 0.353 bits per heavy atom. The monoisotopic (exact) mass is 888 g/mol. The van der Waals surface area contributed by atoms with Gasteiger partial charge in [-0.05, 0) is 151 Å². The highest BCUT2D eigenvalue weighted by atomic mass is 16.5. The number of hydrogen-bond acceptors (Lipinski definition) is 5. The zero-order valence-corrected chi connectivity index (χ0v) is 39.6. The average molecular weight is 889 g/mol. The van der Waals surface area contributed by atoms with Crippen LogP contribution in [0.1, 0.15) is 71.4 Å². The second-order valence-corrected chi connectivity index (χ2v) is 18.3. The normalized spacial score (nSPS) is 11.4. The first kappa shape index (κ1) is 45.0. The first-order valence-corrected chi connectivity index (χ1v) is 23.1. The van der Waals surface area contributed by atoms with E-state index in [2.05, 4.69) is 195 Å². The molecule has 0 aromatic heterocycles. The summed E-state index contributed by atoms with van der Waals surface area (Å²) in [5.41, 5.74) is 13.1. The molecule has 0 atom stereocenters. The molecule has 0 N–H and O–H groups in total.